The minimum Gasteiger partial charge on any atom is -0.377 e. The second kappa shape index (κ2) is 6.88. The van der Waals surface area contributed by atoms with Crippen LogP contribution >= 0.6 is 0 Å². The van der Waals surface area contributed by atoms with Crippen LogP contribution in [-0.2, 0) is 11.3 Å². The van der Waals surface area contributed by atoms with Crippen LogP contribution < -0.4 is 10.6 Å². The molecule has 2 rings (SSSR count). The van der Waals surface area contributed by atoms with Crippen molar-refractivity contribution in [1.29, 1.82) is 0 Å². The van der Waals surface area contributed by atoms with E-state index >= 15 is 0 Å². The predicted molar refractivity (Wildman–Crippen MR) is 74.6 cm³/mol. The second-order valence-corrected chi connectivity index (χ2v) is 5.09. The van der Waals surface area contributed by atoms with Crippen molar-refractivity contribution in [3.05, 3.63) is 35.4 Å². The highest BCUT2D eigenvalue weighted by molar-refractivity contribution is 5.30. The average molecular weight is 248 g/mol. The molecule has 0 saturated heterocycles. The summed E-state index contributed by atoms with van der Waals surface area (Å²) in [4.78, 5) is 0. The number of fused-ring (bicyclic) bond motifs is 1. The molecule has 1 heterocycles. The van der Waals surface area contributed by atoms with E-state index in [0.717, 1.165) is 32.7 Å². The molecule has 1 unspecified atom stereocenters. The van der Waals surface area contributed by atoms with Gasteiger partial charge in [-0.1, -0.05) is 24.3 Å². The quantitative estimate of drug-likeness (QED) is 0.784. The lowest BCUT2D eigenvalue weighted by Gasteiger charge is -2.19. The molecule has 0 bridgehead atoms. The van der Waals surface area contributed by atoms with Crippen molar-refractivity contribution in [1.82, 2.24) is 10.6 Å². The van der Waals surface area contributed by atoms with Crippen molar-refractivity contribution in [2.24, 2.45) is 0 Å². The van der Waals surface area contributed by atoms with Gasteiger partial charge in [0.05, 0.1) is 12.7 Å². The summed E-state index contributed by atoms with van der Waals surface area (Å²) in [6.45, 7) is 7.89. The van der Waals surface area contributed by atoms with Crippen LogP contribution in [0.25, 0.3) is 0 Å². The van der Waals surface area contributed by atoms with E-state index in [-0.39, 0.29) is 0 Å². The van der Waals surface area contributed by atoms with E-state index in [4.69, 9.17) is 4.74 Å². The molecule has 18 heavy (non-hydrogen) atoms. The van der Waals surface area contributed by atoms with Crippen LogP contribution in [0.3, 0.4) is 0 Å². The summed E-state index contributed by atoms with van der Waals surface area (Å²) in [5, 5.41) is 7.08. The summed E-state index contributed by atoms with van der Waals surface area (Å²) < 4.78 is 5.57. The zero-order chi connectivity index (χ0) is 12.8. The molecule has 1 aromatic carbocycles. The van der Waals surface area contributed by atoms with Crippen molar-refractivity contribution in [2.75, 3.05) is 19.7 Å². The normalized spacial score (nSPS) is 19.6. The maximum atomic E-state index is 5.57. The number of rotatable bonds is 5. The average Bonchev–Trinajstić information content (AvgIpc) is 2.57. The van der Waals surface area contributed by atoms with Crippen molar-refractivity contribution in [2.45, 2.75) is 39.0 Å². The molecule has 0 saturated carbocycles. The zero-order valence-electron chi connectivity index (χ0n) is 11.4. The van der Waals surface area contributed by atoms with Crippen LogP contribution in [0.15, 0.2) is 24.3 Å². The Morgan fingerprint density at radius 2 is 2.22 bits per heavy atom. The van der Waals surface area contributed by atoms with E-state index in [9.17, 15) is 0 Å². The van der Waals surface area contributed by atoms with Gasteiger partial charge in [0.1, 0.15) is 0 Å². The lowest BCUT2D eigenvalue weighted by atomic mass is 9.99. The van der Waals surface area contributed by atoms with Gasteiger partial charge < -0.3 is 15.4 Å². The van der Waals surface area contributed by atoms with Crippen LogP contribution in [-0.4, -0.2) is 25.8 Å². The second-order valence-electron chi connectivity index (χ2n) is 5.09. The van der Waals surface area contributed by atoms with Gasteiger partial charge in [0.25, 0.3) is 0 Å². The van der Waals surface area contributed by atoms with Crippen LogP contribution in [0, 0.1) is 0 Å². The summed E-state index contributed by atoms with van der Waals surface area (Å²) >= 11 is 0. The maximum Gasteiger partial charge on any atom is 0.0594 e. The Morgan fingerprint density at radius 1 is 1.39 bits per heavy atom. The highest BCUT2D eigenvalue weighted by atomic mass is 16.5. The smallest absolute Gasteiger partial charge is 0.0594 e. The van der Waals surface area contributed by atoms with Gasteiger partial charge in [0.15, 0.2) is 0 Å². The summed E-state index contributed by atoms with van der Waals surface area (Å²) in [6.07, 6.45) is 1.45. The van der Waals surface area contributed by atoms with Gasteiger partial charge in [-0.05, 0) is 37.9 Å². The topological polar surface area (TPSA) is 33.3 Å². The fraction of sp³-hybridized carbons (Fsp3) is 0.600. The molecule has 1 aliphatic rings. The monoisotopic (exact) mass is 248 g/mol. The first-order valence-electron chi connectivity index (χ1n) is 6.91. The van der Waals surface area contributed by atoms with Gasteiger partial charge in [0, 0.05) is 19.1 Å². The highest BCUT2D eigenvalue weighted by Crippen LogP contribution is 2.23. The Kier molecular flexibility index (Phi) is 5.17. The molecule has 100 valence electrons. The SMILES string of the molecule is CC(C)OCCNC1CCNCc2ccccc21. The number of ether oxygens (including phenoxy) is 1. The molecular weight excluding hydrogens is 224 g/mol. The molecule has 3 nitrogen and oxygen atoms in total. The summed E-state index contributed by atoms with van der Waals surface area (Å²) in [6, 6.07) is 9.15. The van der Waals surface area contributed by atoms with Gasteiger partial charge in [-0.2, -0.15) is 0 Å². The minimum absolute atomic E-state index is 0.315. The number of nitrogens with one attached hydrogen (secondary N) is 2. The third-order valence-electron chi connectivity index (χ3n) is 3.30. The zero-order valence-corrected chi connectivity index (χ0v) is 11.4. The molecule has 2 N–H and O–H groups in total. The van der Waals surface area contributed by atoms with E-state index in [0.29, 0.717) is 12.1 Å². The number of hydrogen-bond donors (Lipinski definition) is 2. The largest absolute Gasteiger partial charge is 0.377 e. The minimum atomic E-state index is 0.315. The Hall–Kier alpha value is -0.900. The first kappa shape index (κ1) is 13.5. The summed E-state index contributed by atoms with van der Waals surface area (Å²) in [5.41, 5.74) is 2.85. The Labute approximate surface area is 110 Å². The fourth-order valence-corrected chi connectivity index (χ4v) is 2.40. The van der Waals surface area contributed by atoms with Crippen molar-refractivity contribution < 1.29 is 4.74 Å². The molecule has 0 amide bonds. The van der Waals surface area contributed by atoms with Crippen LogP contribution in [0.4, 0.5) is 0 Å². The van der Waals surface area contributed by atoms with E-state index in [2.05, 4.69) is 48.7 Å². The molecule has 1 aliphatic heterocycles. The molecule has 1 aromatic rings. The summed E-state index contributed by atoms with van der Waals surface area (Å²) in [7, 11) is 0. The first-order valence-corrected chi connectivity index (χ1v) is 6.91. The van der Waals surface area contributed by atoms with Crippen molar-refractivity contribution in [3.8, 4) is 0 Å². The molecule has 0 fully saturated rings. The van der Waals surface area contributed by atoms with Crippen LogP contribution in [0.1, 0.15) is 37.4 Å². The third kappa shape index (κ3) is 3.80. The van der Waals surface area contributed by atoms with E-state index in [1.165, 1.54) is 11.1 Å². The van der Waals surface area contributed by atoms with Crippen molar-refractivity contribution >= 4 is 0 Å². The van der Waals surface area contributed by atoms with Crippen LogP contribution in [0.5, 0.6) is 0 Å². The Balaban J connectivity index is 1.91. The fourth-order valence-electron chi connectivity index (χ4n) is 2.40. The lowest BCUT2D eigenvalue weighted by Crippen LogP contribution is -2.27. The van der Waals surface area contributed by atoms with E-state index in [1.807, 2.05) is 0 Å². The molecular formula is C15H24N2O. The maximum absolute atomic E-state index is 5.57. The Bertz CT molecular complexity index is 365. The number of benzene rings is 1. The van der Waals surface area contributed by atoms with E-state index in [1.54, 1.807) is 0 Å². The van der Waals surface area contributed by atoms with Crippen molar-refractivity contribution in [3.63, 3.8) is 0 Å². The summed E-state index contributed by atoms with van der Waals surface area (Å²) in [5.74, 6) is 0. The van der Waals surface area contributed by atoms with Gasteiger partial charge in [-0.25, -0.2) is 0 Å². The standard InChI is InChI=1S/C15H24N2O/c1-12(2)18-10-9-17-15-7-8-16-11-13-5-3-4-6-14(13)15/h3-6,12,15-17H,7-11H2,1-2H3. The first-order chi connectivity index (χ1) is 8.77. The number of hydrogen-bond acceptors (Lipinski definition) is 3. The third-order valence-corrected chi connectivity index (χ3v) is 3.30. The molecule has 0 aromatic heterocycles. The lowest BCUT2D eigenvalue weighted by molar-refractivity contribution is 0.0792. The van der Waals surface area contributed by atoms with E-state index < -0.39 is 0 Å². The molecule has 0 radical (unpaired) electrons. The Morgan fingerprint density at radius 3 is 3.06 bits per heavy atom. The predicted octanol–water partition coefficient (Wildman–Crippen LogP) is 2.24. The van der Waals surface area contributed by atoms with Crippen LogP contribution in [0.2, 0.25) is 0 Å². The molecule has 0 spiro atoms. The van der Waals surface area contributed by atoms with Gasteiger partial charge in [0.2, 0.25) is 0 Å². The molecule has 1 atom stereocenters. The van der Waals surface area contributed by atoms with Gasteiger partial charge in [-0.15, -0.1) is 0 Å². The molecule has 3 heteroatoms. The molecule has 0 aliphatic carbocycles. The van der Waals surface area contributed by atoms with Gasteiger partial charge >= 0.3 is 0 Å². The van der Waals surface area contributed by atoms with Gasteiger partial charge in [-0.3, -0.25) is 0 Å². The highest BCUT2D eigenvalue weighted by Gasteiger charge is 2.16.